The van der Waals surface area contributed by atoms with Crippen LogP contribution in [0.1, 0.15) is 37.2 Å². The topological polar surface area (TPSA) is 63.5 Å². The van der Waals surface area contributed by atoms with Crippen LogP contribution in [0.25, 0.3) is 17.0 Å². The summed E-state index contributed by atoms with van der Waals surface area (Å²) < 4.78 is 7.73. The van der Waals surface area contributed by atoms with Crippen molar-refractivity contribution in [1.82, 2.24) is 19.7 Å². The second kappa shape index (κ2) is 6.85. The second-order valence-electron chi connectivity index (χ2n) is 7.54. The van der Waals surface area contributed by atoms with E-state index < -0.39 is 0 Å². The number of aromatic nitrogens is 3. The number of methoxy groups -OCH3 is 1. The van der Waals surface area contributed by atoms with E-state index in [1.807, 2.05) is 18.3 Å². The Morgan fingerprint density at radius 1 is 1.26 bits per heavy atom. The largest absolute Gasteiger partial charge is 0.496 e. The van der Waals surface area contributed by atoms with E-state index in [0.29, 0.717) is 12.0 Å². The molecule has 0 amide bonds. The quantitative estimate of drug-likeness (QED) is 0.727. The first-order valence-electron chi connectivity index (χ1n) is 9.81. The number of rotatable bonds is 5. The number of imidazole rings is 1. The van der Waals surface area contributed by atoms with Crippen LogP contribution in [-0.4, -0.2) is 40.6 Å². The zero-order valence-electron chi connectivity index (χ0n) is 15.6. The van der Waals surface area contributed by atoms with Gasteiger partial charge in [0.2, 0.25) is 0 Å². The lowest BCUT2D eigenvalue weighted by Crippen LogP contribution is -2.38. The molecule has 5 rings (SSSR count). The van der Waals surface area contributed by atoms with E-state index in [1.165, 1.54) is 31.2 Å². The highest BCUT2D eigenvalue weighted by Crippen LogP contribution is 2.44. The van der Waals surface area contributed by atoms with Gasteiger partial charge in [0.1, 0.15) is 17.2 Å². The first-order chi connectivity index (χ1) is 13.3. The highest BCUT2D eigenvalue weighted by Gasteiger charge is 2.28. The van der Waals surface area contributed by atoms with Crippen LogP contribution < -0.4 is 15.4 Å². The molecule has 0 aromatic carbocycles. The van der Waals surface area contributed by atoms with Crippen molar-refractivity contribution in [3.05, 3.63) is 42.2 Å². The summed E-state index contributed by atoms with van der Waals surface area (Å²) in [5.41, 5.74) is 4.11. The number of anilines is 1. The highest BCUT2D eigenvalue weighted by atomic mass is 16.5. The number of piperidine rings is 1. The van der Waals surface area contributed by atoms with E-state index in [9.17, 15) is 0 Å². The van der Waals surface area contributed by atoms with E-state index in [2.05, 4.69) is 38.3 Å². The van der Waals surface area contributed by atoms with Crippen molar-refractivity contribution >= 4 is 11.5 Å². The van der Waals surface area contributed by atoms with Crippen molar-refractivity contribution in [1.29, 1.82) is 0 Å². The first kappa shape index (κ1) is 16.6. The predicted octanol–water partition coefficient (Wildman–Crippen LogP) is 3.45. The SMILES string of the molecule is COc1cc2ncc(-c3cccc(N[C@@H]4CCCNC4)n3)n2cc1C1CC1. The molecule has 1 saturated carbocycles. The van der Waals surface area contributed by atoms with E-state index in [4.69, 9.17) is 9.72 Å². The minimum Gasteiger partial charge on any atom is -0.496 e. The lowest BCUT2D eigenvalue weighted by atomic mass is 10.1. The van der Waals surface area contributed by atoms with Crippen LogP contribution >= 0.6 is 0 Å². The van der Waals surface area contributed by atoms with Crippen molar-refractivity contribution in [2.75, 3.05) is 25.5 Å². The number of nitrogens with zero attached hydrogens (tertiary/aromatic N) is 3. The molecule has 27 heavy (non-hydrogen) atoms. The van der Waals surface area contributed by atoms with Crippen LogP contribution in [0.3, 0.4) is 0 Å². The monoisotopic (exact) mass is 363 g/mol. The lowest BCUT2D eigenvalue weighted by molar-refractivity contribution is 0.409. The molecule has 0 bridgehead atoms. The zero-order valence-corrected chi connectivity index (χ0v) is 15.6. The van der Waals surface area contributed by atoms with Gasteiger partial charge >= 0.3 is 0 Å². The Kier molecular flexibility index (Phi) is 4.20. The Morgan fingerprint density at radius 3 is 2.96 bits per heavy atom. The number of pyridine rings is 2. The summed E-state index contributed by atoms with van der Waals surface area (Å²) in [6.45, 7) is 2.10. The lowest BCUT2D eigenvalue weighted by Gasteiger charge is -2.24. The third kappa shape index (κ3) is 3.25. The van der Waals surface area contributed by atoms with Gasteiger partial charge in [0.05, 0.1) is 24.7 Å². The molecule has 6 heteroatoms. The maximum atomic E-state index is 5.59. The van der Waals surface area contributed by atoms with Gasteiger partial charge in [0.15, 0.2) is 0 Å². The fourth-order valence-corrected chi connectivity index (χ4v) is 3.93. The first-order valence-corrected chi connectivity index (χ1v) is 9.81. The molecule has 2 fully saturated rings. The van der Waals surface area contributed by atoms with Crippen LogP contribution in [0, 0.1) is 0 Å². The van der Waals surface area contributed by atoms with Crippen LogP contribution in [0.15, 0.2) is 36.7 Å². The standard InChI is InChI=1S/C21H25N5O/c1-27-19-10-21-23-12-18(26(21)13-16(19)14-7-8-14)17-5-2-6-20(25-17)24-15-4-3-9-22-11-15/h2,5-6,10,12-15,22H,3-4,7-9,11H2,1H3,(H,24,25)/t15-/m1/s1. The van der Waals surface area contributed by atoms with Gasteiger partial charge in [-0.25, -0.2) is 9.97 Å². The fraction of sp³-hybridized carbons (Fsp3) is 0.429. The summed E-state index contributed by atoms with van der Waals surface area (Å²) in [6.07, 6.45) is 8.94. The third-order valence-electron chi connectivity index (χ3n) is 5.54. The molecule has 6 nitrogen and oxygen atoms in total. The molecule has 1 aliphatic carbocycles. The van der Waals surface area contributed by atoms with Gasteiger partial charge in [-0.1, -0.05) is 6.07 Å². The third-order valence-corrected chi connectivity index (χ3v) is 5.54. The number of fused-ring (bicyclic) bond motifs is 1. The summed E-state index contributed by atoms with van der Waals surface area (Å²) >= 11 is 0. The molecule has 0 unspecified atom stereocenters. The average molecular weight is 363 g/mol. The van der Waals surface area contributed by atoms with Crippen LogP contribution in [-0.2, 0) is 0 Å². The summed E-state index contributed by atoms with van der Waals surface area (Å²) in [4.78, 5) is 9.44. The van der Waals surface area contributed by atoms with Crippen molar-refractivity contribution in [2.24, 2.45) is 0 Å². The molecule has 3 aromatic heterocycles. The molecular weight excluding hydrogens is 338 g/mol. The Balaban J connectivity index is 1.49. The van der Waals surface area contributed by atoms with E-state index >= 15 is 0 Å². The van der Waals surface area contributed by atoms with E-state index in [-0.39, 0.29) is 0 Å². The Hall–Kier alpha value is -2.60. The van der Waals surface area contributed by atoms with Gasteiger partial charge in [-0.05, 0) is 50.3 Å². The van der Waals surface area contributed by atoms with Crippen molar-refractivity contribution in [3.63, 3.8) is 0 Å². The average Bonchev–Trinajstić information content (AvgIpc) is 3.47. The maximum absolute atomic E-state index is 5.59. The molecule has 3 aromatic rings. The van der Waals surface area contributed by atoms with E-state index in [0.717, 1.165) is 41.7 Å². The van der Waals surface area contributed by atoms with Gasteiger partial charge < -0.3 is 15.4 Å². The van der Waals surface area contributed by atoms with Crippen molar-refractivity contribution in [2.45, 2.75) is 37.6 Å². The molecule has 1 aliphatic heterocycles. The molecule has 0 spiro atoms. The van der Waals surface area contributed by atoms with Crippen LogP contribution in [0.5, 0.6) is 5.75 Å². The molecule has 1 saturated heterocycles. The van der Waals surface area contributed by atoms with E-state index in [1.54, 1.807) is 7.11 Å². The number of hydrogen-bond donors (Lipinski definition) is 2. The van der Waals surface area contributed by atoms with Crippen LogP contribution in [0.4, 0.5) is 5.82 Å². The Labute approximate surface area is 159 Å². The molecule has 2 aliphatic rings. The zero-order chi connectivity index (χ0) is 18.2. The predicted molar refractivity (Wildman–Crippen MR) is 106 cm³/mol. The molecule has 4 heterocycles. The molecular formula is C21H25N5O. The summed E-state index contributed by atoms with van der Waals surface area (Å²) in [7, 11) is 1.73. The smallest absolute Gasteiger partial charge is 0.140 e. The van der Waals surface area contributed by atoms with Gasteiger partial charge in [-0.2, -0.15) is 0 Å². The molecule has 0 radical (unpaired) electrons. The molecule has 2 N–H and O–H groups in total. The van der Waals surface area contributed by atoms with Crippen molar-refractivity contribution in [3.8, 4) is 17.1 Å². The highest BCUT2D eigenvalue weighted by molar-refractivity contribution is 5.64. The number of hydrogen-bond acceptors (Lipinski definition) is 5. The van der Waals surface area contributed by atoms with Crippen LogP contribution in [0.2, 0.25) is 0 Å². The summed E-state index contributed by atoms with van der Waals surface area (Å²) in [5.74, 6) is 2.47. The van der Waals surface area contributed by atoms with Gasteiger partial charge in [-0.3, -0.25) is 4.40 Å². The normalized spacial score (nSPS) is 20.0. The van der Waals surface area contributed by atoms with Gasteiger partial charge in [-0.15, -0.1) is 0 Å². The number of nitrogens with one attached hydrogen (secondary N) is 2. The minimum absolute atomic E-state index is 0.439. The van der Waals surface area contributed by atoms with Gasteiger partial charge in [0.25, 0.3) is 0 Å². The summed E-state index contributed by atoms with van der Waals surface area (Å²) in [6, 6.07) is 8.63. The maximum Gasteiger partial charge on any atom is 0.140 e. The van der Waals surface area contributed by atoms with Gasteiger partial charge in [0, 0.05) is 30.4 Å². The second-order valence-corrected chi connectivity index (χ2v) is 7.54. The molecule has 1 atom stereocenters. The Morgan fingerprint density at radius 2 is 2.19 bits per heavy atom. The summed E-state index contributed by atoms with van der Waals surface area (Å²) in [5, 5.41) is 7.00. The Bertz CT molecular complexity index is 956. The van der Waals surface area contributed by atoms with Crippen molar-refractivity contribution < 1.29 is 4.74 Å². The molecule has 140 valence electrons. The fourth-order valence-electron chi connectivity index (χ4n) is 3.93. The number of ether oxygens (including phenoxy) is 1. The minimum atomic E-state index is 0.439.